The quantitative estimate of drug-likeness (QED) is 0.0552. The number of hydrogen-bond donors (Lipinski definition) is 2. The van der Waals surface area contributed by atoms with Crippen LogP contribution in [0.25, 0.3) is 0 Å². The van der Waals surface area contributed by atoms with Gasteiger partial charge in [0.05, 0.1) is 48.5 Å². The standard InChI is InChI=1S/C60H78FN3O11P/c1-56(2,3)74-55(69)64(31-14-8-9-15-32-71-33-16-13-20-41-18-11-10-12-19-41)40-49(66)42-22-23-43(50(34-42)75-76(6,7)70)38-63-30-17-21-44(39-63)54-72-53-36-48-47-25-24-45-35-46(65)26-28-57(45,4)59(47,61)52(68)37-58(48,5)60(53,73-54)51(67)27-29-62/h10-12,17-19,21-23,26,28,30,34-35,39,47-49,52-54,66,68H,8-9,13-16,20,24-25,27,31-33,36-38,40H2,1-7H3/q+1/t47?,48?,49?,52-,53+,54?,57-,58-,59-,60+/m0/s1. The molecule has 0 bridgehead atoms. The van der Waals surface area contributed by atoms with Crippen LogP contribution in [-0.2, 0) is 46.1 Å². The van der Waals surface area contributed by atoms with Crippen molar-refractivity contribution in [2.24, 2.45) is 22.7 Å². The van der Waals surface area contributed by atoms with E-state index in [1.807, 2.05) is 42.1 Å². The number of amides is 1. The predicted octanol–water partition coefficient (Wildman–Crippen LogP) is 10.4. The number of aliphatic hydroxyl groups excluding tert-OH is 2. The van der Waals surface area contributed by atoms with E-state index in [0.717, 1.165) is 45.1 Å². The van der Waals surface area contributed by atoms with Gasteiger partial charge in [0.2, 0.25) is 7.37 Å². The molecule has 2 aromatic carbocycles. The number of ether oxygens (including phenoxy) is 4. The molecule has 10 atom stereocenters. The number of pyridine rings is 1. The second-order valence-corrected chi connectivity index (χ2v) is 26.2. The highest BCUT2D eigenvalue weighted by Gasteiger charge is 2.79. The van der Waals surface area contributed by atoms with Crippen LogP contribution in [0.2, 0.25) is 0 Å². The third kappa shape index (κ3) is 11.8. The second kappa shape index (κ2) is 23.1. The van der Waals surface area contributed by atoms with Gasteiger partial charge >= 0.3 is 6.09 Å². The average Bonchev–Trinajstić information content (AvgIpc) is 3.89. The summed E-state index contributed by atoms with van der Waals surface area (Å²) in [7, 11) is -3.13. The van der Waals surface area contributed by atoms with Crippen LogP contribution in [0.1, 0.15) is 140 Å². The summed E-state index contributed by atoms with van der Waals surface area (Å²) in [5.74, 6) is -1.52. The Labute approximate surface area is 448 Å². The number of alkyl halides is 1. The number of unbranched alkanes of at least 4 members (excludes halogenated alkanes) is 4. The maximum Gasteiger partial charge on any atom is 0.410 e. The predicted molar refractivity (Wildman–Crippen MR) is 284 cm³/mol. The van der Waals surface area contributed by atoms with E-state index >= 15 is 4.39 Å². The van der Waals surface area contributed by atoms with Gasteiger partial charge in [-0.2, -0.15) is 5.26 Å². The smallest absolute Gasteiger partial charge is 0.410 e. The lowest BCUT2D eigenvalue weighted by molar-refractivity contribution is -0.689. The minimum atomic E-state index is -3.13. The number of Topliss-reactive ketones (excluding diaryl/α,β-unsaturated/α-hetero) is 1. The summed E-state index contributed by atoms with van der Waals surface area (Å²) >= 11 is 0. The van der Waals surface area contributed by atoms with Gasteiger partial charge in [0.25, 0.3) is 0 Å². The number of nitriles is 1. The number of benzene rings is 2. The van der Waals surface area contributed by atoms with Gasteiger partial charge in [0.1, 0.15) is 11.4 Å². The molecule has 1 saturated heterocycles. The van der Waals surface area contributed by atoms with Gasteiger partial charge in [-0.1, -0.05) is 67.8 Å². The molecule has 4 aliphatic carbocycles. The zero-order chi connectivity index (χ0) is 54.7. The maximum absolute atomic E-state index is 18.0. The molecule has 16 heteroatoms. The number of aliphatic hydroxyl groups is 2. The van der Waals surface area contributed by atoms with Crippen LogP contribution in [0.4, 0.5) is 9.18 Å². The molecule has 1 amide bonds. The fourth-order valence-electron chi connectivity index (χ4n) is 13.1. The normalized spacial score (nSPS) is 29.0. The first kappa shape index (κ1) is 57.1. The zero-order valence-corrected chi connectivity index (χ0v) is 46.3. The molecule has 5 aliphatic rings. The first-order valence-electron chi connectivity index (χ1n) is 27.2. The van der Waals surface area contributed by atoms with Crippen molar-refractivity contribution in [3.05, 3.63) is 119 Å². The van der Waals surface area contributed by atoms with E-state index in [-0.39, 0.29) is 31.7 Å². The summed E-state index contributed by atoms with van der Waals surface area (Å²) < 4.78 is 64.5. The van der Waals surface area contributed by atoms with Gasteiger partial charge in [-0.25, -0.2) is 13.8 Å². The van der Waals surface area contributed by atoms with Crippen LogP contribution in [0, 0.1) is 34.0 Å². The third-order valence-electron chi connectivity index (χ3n) is 16.7. The van der Waals surface area contributed by atoms with E-state index in [1.165, 1.54) is 35.9 Å². The first-order chi connectivity index (χ1) is 36.0. The first-order valence-corrected chi connectivity index (χ1v) is 29.7. The molecule has 3 aromatic rings. The highest BCUT2D eigenvalue weighted by molar-refractivity contribution is 7.57. The summed E-state index contributed by atoms with van der Waals surface area (Å²) in [6.07, 6.45) is 10.1. The van der Waals surface area contributed by atoms with Crippen LogP contribution >= 0.6 is 7.37 Å². The number of allylic oxidation sites excluding steroid dienone is 4. The Morgan fingerprint density at radius 2 is 1.75 bits per heavy atom. The third-order valence-corrected chi connectivity index (χ3v) is 17.3. The average molecular weight is 1070 g/mol. The van der Waals surface area contributed by atoms with Crippen molar-refractivity contribution >= 4 is 25.0 Å². The Hall–Kier alpha value is -5.07. The van der Waals surface area contributed by atoms with Crippen LogP contribution in [0.5, 0.6) is 5.75 Å². The Kier molecular flexibility index (Phi) is 17.4. The number of halogens is 1. The number of ketones is 2. The molecule has 3 saturated carbocycles. The fraction of sp³-hybridized carbons (Fsp3) is 0.583. The topological polar surface area (TPSA) is 186 Å². The summed E-state index contributed by atoms with van der Waals surface area (Å²) in [4.78, 5) is 41.9. The van der Waals surface area contributed by atoms with E-state index < -0.39 is 89.8 Å². The molecular weight excluding hydrogens is 989 g/mol. The Morgan fingerprint density at radius 3 is 2.47 bits per heavy atom. The number of aryl methyl sites for hydroxylation is 1. The Morgan fingerprint density at radius 1 is 1.01 bits per heavy atom. The molecule has 1 aliphatic heterocycles. The van der Waals surface area contributed by atoms with Crippen molar-refractivity contribution in [3.63, 3.8) is 0 Å². The lowest BCUT2D eigenvalue weighted by atomic mass is 9.44. The maximum atomic E-state index is 18.0. The van der Waals surface area contributed by atoms with Crippen molar-refractivity contribution < 1.29 is 61.6 Å². The van der Waals surface area contributed by atoms with Crippen LogP contribution in [0.15, 0.2) is 96.9 Å². The van der Waals surface area contributed by atoms with E-state index in [2.05, 4.69) is 24.3 Å². The summed E-state index contributed by atoms with van der Waals surface area (Å²) in [6.45, 7) is 14.0. The van der Waals surface area contributed by atoms with Gasteiger partial charge in [0.15, 0.2) is 48.1 Å². The fourth-order valence-corrected chi connectivity index (χ4v) is 13.7. The van der Waals surface area contributed by atoms with Crippen LogP contribution in [-0.4, -0.2) is 101 Å². The SMILES string of the molecule is CC(C)(C)OC(=O)N(CCCCCCOCCCCc1ccccc1)CC(O)c1ccc(C[n+]2cccc(C3O[C@@H]4CC5C6CCC7=CC(=O)C=C[C@]7(C)[C@@]6(F)[C@@H](O)C[C@]5(C)[C@]4(C(=O)CC#N)O3)c2)c(OP(C)(C)=O)c1. The molecule has 14 nitrogen and oxygen atoms in total. The largest absolute Gasteiger partial charge is 0.444 e. The summed E-state index contributed by atoms with van der Waals surface area (Å²) in [6, 6.07) is 21.3. The second-order valence-electron chi connectivity index (χ2n) is 23.5. The van der Waals surface area contributed by atoms with Gasteiger partial charge < -0.3 is 38.6 Å². The van der Waals surface area contributed by atoms with Crippen molar-refractivity contribution in [1.29, 1.82) is 5.26 Å². The molecule has 4 fully saturated rings. The molecule has 8 rings (SSSR count). The van der Waals surface area contributed by atoms with Crippen molar-refractivity contribution in [2.45, 2.75) is 160 Å². The molecule has 0 spiro atoms. The van der Waals surface area contributed by atoms with E-state index in [4.69, 9.17) is 23.5 Å². The number of hydrogen-bond acceptors (Lipinski definition) is 12. The van der Waals surface area contributed by atoms with Gasteiger partial charge in [0, 0.05) is 55.9 Å². The molecule has 2 N–H and O–H groups in total. The van der Waals surface area contributed by atoms with E-state index in [9.17, 15) is 34.4 Å². The summed E-state index contributed by atoms with van der Waals surface area (Å²) in [5, 5.41) is 33.6. The lowest BCUT2D eigenvalue weighted by Crippen LogP contribution is -2.69. The lowest BCUT2D eigenvalue weighted by Gasteiger charge is -2.62. The van der Waals surface area contributed by atoms with Crippen LogP contribution < -0.4 is 9.09 Å². The molecule has 76 heavy (non-hydrogen) atoms. The number of fused-ring (bicyclic) bond motifs is 7. The van der Waals surface area contributed by atoms with Crippen LogP contribution in [0.3, 0.4) is 0 Å². The molecule has 1 aromatic heterocycles. The number of rotatable bonds is 22. The van der Waals surface area contributed by atoms with Gasteiger partial charge in [-0.15, -0.1) is 0 Å². The highest BCUT2D eigenvalue weighted by Crippen LogP contribution is 2.72. The van der Waals surface area contributed by atoms with Gasteiger partial charge in [-0.3, -0.25) is 14.2 Å². The van der Waals surface area contributed by atoms with Crippen molar-refractivity contribution in [1.82, 2.24) is 4.90 Å². The minimum Gasteiger partial charge on any atom is -0.444 e. The number of aromatic nitrogens is 1. The number of carbonyl (C=O) groups is 3. The number of carbonyl (C=O) groups excluding carboxylic acids is 3. The van der Waals surface area contributed by atoms with E-state index in [1.54, 1.807) is 58.0 Å². The molecule has 2 heterocycles. The zero-order valence-electron chi connectivity index (χ0n) is 45.4. The minimum absolute atomic E-state index is 0.0432. The Balaban J connectivity index is 0.932. The molecule has 0 radical (unpaired) electrons. The highest BCUT2D eigenvalue weighted by atomic mass is 31.2. The summed E-state index contributed by atoms with van der Waals surface area (Å²) in [5.41, 5.74) is -3.18. The van der Waals surface area contributed by atoms with Gasteiger partial charge in [-0.05, 0) is 133 Å². The molecule has 4 unspecified atom stereocenters. The van der Waals surface area contributed by atoms with E-state index in [0.29, 0.717) is 60.4 Å². The molecular formula is C60H78FN3O11P+. The Bertz CT molecular complexity index is 2750. The van der Waals surface area contributed by atoms with Crippen molar-refractivity contribution in [2.75, 3.05) is 39.6 Å². The van der Waals surface area contributed by atoms with Crippen molar-refractivity contribution in [3.8, 4) is 11.8 Å². The number of nitrogens with zero attached hydrogens (tertiary/aromatic N) is 3. The molecule has 410 valence electrons. The monoisotopic (exact) mass is 1070 g/mol.